The Labute approximate surface area is 116 Å². The molecule has 2 atom stereocenters. The van der Waals surface area contributed by atoms with E-state index in [9.17, 15) is 0 Å². The molecule has 19 heavy (non-hydrogen) atoms. The van der Waals surface area contributed by atoms with Gasteiger partial charge in [0.15, 0.2) is 11.5 Å². The fourth-order valence-electron chi connectivity index (χ4n) is 2.35. The quantitative estimate of drug-likeness (QED) is 0.800. The molecule has 1 aromatic rings. The third-order valence-corrected chi connectivity index (χ3v) is 3.84. The van der Waals surface area contributed by atoms with E-state index in [2.05, 4.69) is 38.2 Å². The first-order valence-corrected chi connectivity index (χ1v) is 7.32. The molecule has 106 valence electrons. The van der Waals surface area contributed by atoms with Crippen molar-refractivity contribution in [1.29, 1.82) is 0 Å². The summed E-state index contributed by atoms with van der Waals surface area (Å²) in [6, 6.07) is 6.33. The van der Waals surface area contributed by atoms with Crippen LogP contribution in [0.4, 0.5) is 0 Å². The van der Waals surface area contributed by atoms with Crippen molar-refractivity contribution in [2.75, 3.05) is 26.3 Å². The van der Waals surface area contributed by atoms with Gasteiger partial charge in [0.05, 0.1) is 0 Å². The van der Waals surface area contributed by atoms with E-state index in [0.29, 0.717) is 25.0 Å². The Morgan fingerprint density at radius 3 is 2.63 bits per heavy atom. The summed E-state index contributed by atoms with van der Waals surface area (Å²) in [5.74, 6) is 2.89. The summed E-state index contributed by atoms with van der Waals surface area (Å²) in [6.45, 7) is 10.2. The average molecular weight is 263 g/mol. The second-order valence-corrected chi connectivity index (χ2v) is 5.37. The Kier molecular flexibility index (Phi) is 5.08. The first-order valence-electron chi connectivity index (χ1n) is 7.32. The summed E-state index contributed by atoms with van der Waals surface area (Å²) in [5.41, 5.74) is 1.33. The second-order valence-electron chi connectivity index (χ2n) is 5.37. The molecule has 0 saturated heterocycles. The molecule has 1 aliphatic heterocycles. The highest BCUT2D eigenvalue weighted by Crippen LogP contribution is 2.34. The summed E-state index contributed by atoms with van der Waals surface area (Å²) in [5, 5.41) is 3.49. The summed E-state index contributed by atoms with van der Waals surface area (Å²) < 4.78 is 11.2. The number of hydrogen-bond donors (Lipinski definition) is 1. The molecule has 0 bridgehead atoms. The Balaban J connectivity index is 2.00. The lowest BCUT2D eigenvalue weighted by Gasteiger charge is -2.24. The van der Waals surface area contributed by atoms with Crippen LogP contribution in [0.2, 0.25) is 0 Å². The molecule has 3 heteroatoms. The number of ether oxygens (including phenoxy) is 2. The topological polar surface area (TPSA) is 30.5 Å². The first-order chi connectivity index (χ1) is 9.22. The van der Waals surface area contributed by atoms with Crippen molar-refractivity contribution < 1.29 is 9.47 Å². The fourth-order valence-corrected chi connectivity index (χ4v) is 2.35. The van der Waals surface area contributed by atoms with Crippen molar-refractivity contribution in [3.8, 4) is 11.5 Å². The van der Waals surface area contributed by atoms with Crippen LogP contribution in [0.3, 0.4) is 0 Å². The van der Waals surface area contributed by atoms with Crippen LogP contribution in [0, 0.1) is 5.92 Å². The van der Waals surface area contributed by atoms with Crippen LogP contribution in [-0.2, 0) is 0 Å². The van der Waals surface area contributed by atoms with Crippen LogP contribution < -0.4 is 14.8 Å². The minimum absolute atomic E-state index is 0.514. The zero-order valence-electron chi connectivity index (χ0n) is 12.2. The van der Waals surface area contributed by atoms with Crippen LogP contribution in [0.25, 0.3) is 0 Å². The maximum atomic E-state index is 5.65. The van der Waals surface area contributed by atoms with Crippen molar-refractivity contribution in [3.05, 3.63) is 23.8 Å². The molecule has 2 unspecified atom stereocenters. The fraction of sp³-hybridized carbons (Fsp3) is 0.625. The summed E-state index contributed by atoms with van der Waals surface area (Å²) in [7, 11) is 0. The molecule has 1 heterocycles. The third kappa shape index (κ3) is 3.63. The second kappa shape index (κ2) is 6.80. The van der Waals surface area contributed by atoms with Gasteiger partial charge in [0, 0.05) is 0 Å². The smallest absolute Gasteiger partial charge is 0.161 e. The van der Waals surface area contributed by atoms with Gasteiger partial charge in [0.1, 0.15) is 13.2 Å². The van der Waals surface area contributed by atoms with Gasteiger partial charge in [-0.1, -0.05) is 26.8 Å². The lowest BCUT2D eigenvalue weighted by Crippen LogP contribution is -2.25. The molecule has 3 nitrogen and oxygen atoms in total. The van der Waals surface area contributed by atoms with E-state index in [1.807, 2.05) is 6.07 Å². The van der Waals surface area contributed by atoms with E-state index >= 15 is 0 Å². The van der Waals surface area contributed by atoms with E-state index < -0.39 is 0 Å². The number of fused-ring (bicyclic) bond motifs is 1. The number of hydrogen-bond acceptors (Lipinski definition) is 3. The Hall–Kier alpha value is -1.22. The molecule has 1 aliphatic rings. The minimum atomic E-state index is 0.514. The van der Waals surface area contributed by atoms with Gasteiger partial charge >= 0.3 is 0 Å². The molecular formula is C16H25NO2. The summed E-state index contributed by atoms with van der Waals surface area (Å²) >= 11 is 0. The molecule has 0 aliphatic carbocycles. The van der Waals surface area contributed by atoms with Crippen molar-refractivity contribution in [3.63, 3.8) is 0 Å². The van der Waals surface area contributed by atoms with Crippen molar-refractivity contribution in [2.45, 2.75) is 33.1 Å². The molecule has 0 radical (unpaired) electrons. The van der Waals surface area contributed by atoms with Gasteiger partial charge in [-0.05, 0) is 49.0 Å². The molecule has 0 spiro atoms. The van der Waals surface area contributed by atoms with E-state index in [1.54, 1.807) is 0 Å². The SMILES string of the molecule is CCCNCC(C)C(C)c1ccc2c(c1)OCCO2. The predicted molar refractivity (Wildman–Crippen MR) is 78.2 cm³/mol. The molecule has 0 amide bonds. The molecule has 1 aromatic carbocycles. The van der Waals surface area contributed by atoms with Crippen molar-refractivity contribution in [2.24, 2.45) is 5.92 Å². The summed E-state index contributed by atoms with van der Waals surface area (Å²) in [4.78, 5) is 0. The maximum Gasteiger partial charge on any atom is 0.161 e. The standard InChI is InChI=1S/C16H25NO2/c1-4-7-17-11-12(2)13(3)14-5-6-15-16(10-14)19-9-8-18-15/h5-6,10,12-13,17H,4,7-9,11H2,1-3H3. The summed E-state index contributed by atoms with van der Waals surface area (Å²) in [6.07, 6.45) is 1.19. The molecule has 2 rings (SSSR count). The van der Waals surface area contributed by atoms with Gasteiger partial charge in [-0.25, -0.2) is 0 Å². The first kappa shape index (κ1) is 14.2. The lowest BCUT2D eigenvalue weighted by atomic mass is 9.88. The van der Waals surface area contributed by atoms with Crippen LogP contribution in [0.1, 0.15) is 38.7 Å². The van der Waals surface area contributed by atoms with Gasteiger partial charge < -0.3 is 14.8 Å². The van der Waals surface area contributed by atoms with Crippen molar-refractivity contribution in [1.82, 2.24) is 5.32 Å². The molecule has 0 aromatic heterocycles. The Morgan fingerprint density at radius 1 is 1.16 bits per heavy atom. The average Bonchev–Trinajstić information content (AvgIpc) is 2.46. The molecule has 1 N–H and O–H groups in total. The largest absolute Gasteiger partial charge is 0.486 e. The monoisotopic (exact) mass is 263 g/mol. The highest BCUT2D eigenvalue weighted by Gasteiger charge is 2.18. The van der Waals surface area contributed by atoms with Gasteiger partial charge in [0.25, 0.3) is 0 Å². The van der Waals surface area contributed by atoms with Crippen LogP contribution in [0.15, 0.2) is 18.2 Å². The van der Waals surface area contributed by atoms with Crippen LogP contribution >= 0.6 is 0 Å². The normalized spacial score (nSPS) is 17.0. The Bertz CT molecular complexity index is 406. The van der Waals surface area contributed by atoms with E-state index in [-0.39, 0.29) is 0 Å². The van der Waals surface area contributed by atoms with E-state index in [1.165, 1.54) is 12.0 Å². The molecular weight excluding hydrogens is 238 g/mol. The van der Waals surface area contributed by atoms with Gasteiger partial charge in [0.2, 0.25) is 0 Å². The maximum absolute atomic E-state index is 5.65. The number of rotatable bonds is 6. The Morgan fingerprint density at radius 2 is 1.89 bits per heavy atom. The molecule has 0 fully saturated rings. The van der Waals surface area contributed by atoms with Gasteiger partial charge in [-0.15, -0.1) is 0 Å². The third-order valence-electron chi connectivity index (χ3n) is 3.84. The number of benzene rings is 1. The van der Waals surface area contributed by atoms with Crippen LogP contribution in [-0.4, -0.2) is 26.3 Å². The van der Waals surface area contributed by atoms with Gasteiger partial charge in [-0.3, -0.25) is 0 Å². The zero-order chi connectivity index (χ0) is 13.7. The zero-order valence-corrected chi connectivity index (χ0v) is 12.2. The van der Waals surface area contributed by atoms with Crippen LogP contribution in [0.5, 0.6) is 11.5 Å². The molecule has 0 saturated carbocycles. The van der Waals surface area contributed by atoms with Gasteiger partial charge in [-0.2, -0.15) is 0 Å². The predicted octanol–water partition coefficient (Wildman–Crippen LogP) is 3.20. The minimum Gasteiger partial charge on any atom is -0.486 e. The van der Waals surface area contributed by atoms with E-state index in [0.717, 1.165) is 24.6 Å². The number of nitrogens with one attached hydrogen (secondary N) is 1. The highest BCUT2D eigenvalue weighted by atomic mass is 16.6. The van der Waals surface area contributed by atoms with E-state index in [4.69, 9.17) is 9.47 Å². The van der Waals surface area contributed by atoms with Crippen molar-refractivity contribution >= 4 is 0 Å². The lowest BCUT2D eigenvalue weighted by molar-refractivity contribution is 0.171. The highest BCUT2D eigenvalue weighted by molar-refractivity contribution is 5.44.